The molecule has 0 heteroatoms. The molecule has 0 saturated heterocycles. The van der Waals surface area contributed by atoms with Gasteiger partial charge in [-0.25, -0.2) is 0 Å². The molecule has 1 fully saturated rings. The zero-order chi connectivity index (χ0) is 12.0. The fourth-order valence-corrected chi connectivity index (χ4v) is 3.27. The molecule has 0 aromatic heterocycles. The maximum atomic E-state index is 2.54. The molecule has 1 rings (SSSR count). The van der Waals surface area contributed by atoms with Crippen LogP contribution in [0.5, 0.6) is 0 Å². The van der Waals surface area contributed by atoms with Crippen molar-refractivity contribution >= 4 is 0 Å². The van der Waals surface area contributed by atoms with E-state index in [0.717, 1.165) is 17.3 Å². The fraction of sp³-hybridized carbons (Fsp3) is 1.00. The summed E-state index contributed by atoms with van der Waals surface area (Å²) in [4.78, 5) is 0. The largest absolute Gasteiger partial charge is 0.0654 e. The van der Waals surface area contributed by atoms with Crippen molar-refractivity contribution in [2.24, 2.45) is 17.3 Å². The van der Waals surface area contributed by atoms with Gasteiger partial charge in [-0.1, -0.05) is 66.2 Å². The van der Waals surface area contributed by atoms with Gasteiger partial charge < -0.3 is 0 Å². The third kappa shape index (κ3) is 4.11. The first kappa shape index (κ1) is 14.1. The van der Waals surface area contributed by atoms with Gasteiger partial charge in [0, 0.05) is 0 Å². The van der Waals surface area contributed by atoms with Gasteiger partial charge in [-0.05, 0) is 36.5 Å². The van der Waals surface area contributed by atoms with E-state index >= 15 is 0 Å². The Kier molecular flexibility index (Phi) is 5.86. The zero-order valence-corrected chi connectivity index (χ0v) is 12.0. The predicted octanol–water partition coefficient (Wildman–Crippen LogP) is 5.81. The van der Waals surface area contributed by atoms with Crippen LogP contribution in [0.25, 0.3) is 0 Å². The Morgan fingerprint density at radius 3 is 2.44 bits per heavy atom. The standard InChI is InChI=1S/C16H32/c1-5-9-15-11-13-16(15,4)12-8-6-7-10-14(2)3/h14-15H,5-13H2,1-4H3. The second-order valence-corrected chi connectivity index (χ2v) is 6.67. The summed E-state index contributed by atoms with van der Waals surface area (Å²) >= 11 is 0. The van der Waals surface area contributed by atoms with E-state index < -0.39 is 0 Å². The molecule has 0 N–H and O–H groups in total. The van der Waals surface area contributed by atoms with E-state index in [1.165, 1.54) is 57.8 Å². The topological polar surface area (TPSA) is 0 Å². The van der Waals surface area contributed by atoms with Crippen molar-refractivity contribution in [1.29, 1.82) is 0 Å². The molecule has 1 saturated carbocycles. The van der Waals surface area contributed by atoms with Gasteiger partial charge in [-0.15, -0.1) is 0 Å². The Morgan fingerprint density at radius 1 is 1.19 bits per heavy atom. The number of hydrogen-bond acceptors (Lipinski definition) is 0. The van der Waals surface area contributed by atoms with Crippen LogP contribution in [0, 0.1) is 17.3 Å². The van der Waals surface area contributed by atoms with Crippen LogP contribution in [0.15, 0.2) is 0 Å². The molecule has 0 aliphatic heterocycles. The van der Waals surface area contributed by atoms with Crippen LogP contribution >= 0.6 is 0 Å². The van der Waals surface area contributed by atoms with Gasteiger partial charge in [0.1, 0.15) is 0 Å². The van der Waals surface area contributed by atoms with E-state index in [-0.39, 0.29) is 0 Å². The Labute approximate surface area is 103 Å². The lowest BCUT2D eigenvalue weighted by atomic mass is 9.58. The minimum atomic E-state index is 0.730. The SMILES string of the molecule is CCCC1CCC1(C)CCCCCC(C)C. The van der Waals surface area contributed by atoms with Gasteiger partial charge in [0.05, 0.1) is 0 Å². The van der Waals surface area contributed by atoms with Gasteiger partial charge >= 0.3 is 0 Å². The van der Waals surface area contributed by atoms with Crippen molar-refractivity contribution in [2.75, 3.05) is 0 Å². The lowest BCUT2D eigenvalue weighted by Gasteiger charge is -2.48. The van der Waals surface area contributed by atoms with E-state index in [2.05, 4.69) is 27.7 Å². The molecule has 0 bridgehead atoms. The van der Waals surface area contributed by atoms with Gasteiger partial charge in [-0.2, -0.15) is 0 Å². The van der Waals surface area contributed by atoms with Crippen LogP contribution in [0.4, 0.5) is 0 Å². The molecule has 0 aromatic carbocycles. The van der Waals surface area contributed by atoms with Crippen molar-refractivity contribution in [3.63, 3.8) is 0 Å². The highest BCUT2D eigenvalue weighted by Crippen LogP contribution is 2.51. The van der Waals surface area contributed by atoms with E-state index in [9.17, 15) is 0 Å². The monoisotopic (exact) mass is 224 g/mol. The lowest BCUT2D eigenvalue weighted by Crippen LogP contribution is -2.37. The zero-order valence-electron chi connectivity index (χ0n) is 12.0. The third-order valence-electron chi connectivity index (χ3n) is 4.72. The van der Waals surface area contributed by atoms with Gasteiger partial charge in [0.2, 0.25) is 0 Å². The minimum absolute atomic E-state index is 0.730. The van der Waals surface area contributed by atoms with Gasteiger partial charge in [-0.3, -0.25) is 0 Å². The highest BCUT2D eigenvalue weighted by molar-refractivity contribution is 4.91. The highest BCUT2D eigenvalue weighted by Gasteiger charge is 2.40. The first-order valence-corrected chi connectivity index (χ1v) is 7.58. The van der Waals surface area contributed by atoms with E-state index in [1.54, 1.807) is 0 Å². The van der Waals surface area contributed by atoms with E-state index in [4.69, 9.17) is 0 Å². The molecule has 0 heterocycles. The summed E-state index contributed by atoms with van der Waals surface area (Å²) in [6, 6.07) is 0. The van der Waals surface area contributed by atoms with Crippen molar-refractivity contribution in [3.05, 3.63) is 0 Å². The van der Waals surface area contributed by atoms with Crippen LogP contribution in [0.3, 0.4) is 0 Å². The summed E-state index contributed by atoms with van der Waals surface area (Å²) in [6.45, 7) is 9.55. The molecule has 1 aliphatic rings. The number of rotatable bonds is 8. The normalized spacial score (nSPS) is 29.4. The smallest absolute Gasteiger partial charge is 0.0297 e. The van der Waals surface area contributed by atoms with E-state index in [1.807, 2.05) is 0 Å². The molecule has 1 aliphatic carbocycles. The lowest BCUT2D eigenvalue weighted by molar-refractivity contribution is 0.0306. The number of hydrogen-bond donors (Lipinski definition) is 0. The average Bonchev–Trinajstić information content (AvgIpc) is 2.23. The summed E-state index contributed by atoms with van der Waals surface area (Å²) in [5.74, 6) is 1.95. The second-order valence-electron chi connectivity index (χ2n) is 6.67. The maximum absolute atomic E-state index is 2.54. The molecule has 0 amide bonds. The van der Waals surface area contributed by atoms with Crippen LogP contribution in [-0.2, 0) is 0 Å². The molecular formula is C16H32. The molecule has 0 aromatic rings. The maximum Gasteiger partial charge on any atom is -0.0297 e. The summed E-state index contributed by atoms with van der Waals surface area (Å²) < 4.78 is 0. The van der Waals surface area contributed by atoms with Crippen LogP contribution in [0.2, 0.25) is 0 Å². The average molecular weight is 224 g/mol. The molecule has 16 heavy (non-hydrogen) atoms. The molecule has 0 nitrogen and oxygen atoms in total. The quantitative estimate of drug-likeness (QED) is 0.456. The van der Waals surface area contributed by atoms with Crippen molar-refractivity contribution in [2.45, 2.75) is 85.5 Å². The van der Waals surface area contributed by atoms with Crippen molar-refractivity contribution in [1.82, 2.24) is 0 Å². The van der Waals surface area contributed by atoms with Gasteiger partial charge in [0.15, 0.2) is 0 Å². The van der Waals surface area contributed by atoms with Crippen LogP contribution in [-0.4, -0.2) is 0 Å². The van der Waals surface area contributed by atoms with Crippen molar-refractivity contribution in [3.8, 4) is 0 Å². The summed E-state index contributed by atoms with van der Waals surface area (Å²) in [5.41, 5.74) is 0.730. The minimum Gasteiger partial charge on any atom is -0.0654 e. The Balaban J connectivity index is 2.07. The molecule has 2 atom stereocenters. The van der Waals surface area contributed by atoms with Crippen LogP contribution in [0.1, 0.15) is 85.5 Å². The van der Waals surface area contributed by atoms with Crippen LogP contribution < -0.4 is 0 Å². The molecule has 0 radical (unpaired) electrons. The fourth-order valence-electron chi connectivity index (χ4n) is 3.27. The van der Waals surface area contributed by atoms with Crippen molar-refractivity contribution < 1.29 is 0 Å². The Bertz CT molecular complexity index is 182. The highest BCUT2D eigenvalue weighted by atomic mass is 14.5. The first-order chi connectivity index (χ1) is 7.58. The molecule has 96 valence electrons. The Morgan fingerprint density at radius 2 is 1.94 bits per heavy atom. The Hall–Kier alpha value is 0. The third-order valence-corrected chi connectivity index (χ3v) is 4.72. The second kappa shape index (κ2) is 6.67. The van der Waals surface area contributed by atoms with Gasteiger partial charge in [0.25, 0.3) is 0 Å². The molecular weight excluding hydrogens is 192 g/mol. The predicted molar refractivity (Wildman–Crippen MR) is 73.7 cm³/mol. The molecule has 2 unspecified atom stereocenters. The summed E-state index contributed by atoms with van der Waals surface area (Å²) in [5, 5.41) is 0. The summed E-state index contributed by atoms with van der Waals surface area (Å²) in [7, 11) is 0. The molecule has 0 spiro atoms. The van der Waals surface area contributed by atoms with E-state index in [0.29, 0.717) is 0 Å². The first-order valence-electron chi connectivity index (χ1n) is 7.58. The number of unbranched alkanes of at least 4 members (excludes halogenated alkanes) is 2. The summed E-state index contributed by atoms with van der Waals surface area (Å²) in [6.07, 6.45) is 13.2.